The molecule has 0 bridgehead atoms. The van der Waals surface area contributed by atoms with Crippen LogP contribution in [0.15, 0.2) is 45.5 Å². The Balaban J connectivity index is 2.14. The molecule has 1 aromatic carbocycles. The molecule has 2 rings (SSSR count). The van der Waals surface area contributed by atoms with E-state index in [1.165, 1.54) is 0 Å². The molecule has 3 nitrogen and oxygen atoms in total. The van der Waals surface area contributed by atoms with Gasteiger partial charge in [-0.05, 0) is 52.3 Å². The summed E-state index contributed by atoms with van der Waals surface area (Å²) in [4.78, 5) is 4.22. The van der Waals surface area contributed by atoms with Gasteiger partial charge < -0.3 is 10.1 Å². The van der Waals surface area contributed by atoms with Gasteiger partial charge in [-0.15, -0.1) is 0 Å². The monoisotopic (exact) mass is 384 g/mol. The third-order valence-corrected chi connectivity index (χ3v) is 3.60. The number of nitrogens with one attached hydrogen (secondary N) is 1. The molecule has 0 saturated heterocycles. The first-order valence-electron chi connectivity index (χ1n) is 5.97. The summed E-state index contributed by atoms with van der Waals surface area (Å²) in [6.07, 6.45) is 1.76. The fourth-order valence-electron chi connectivity index (χ4n) is 1.56. The van der Waals surface area contributed by atoms with Crippen LogP contribution in [0.2, 0.25) is 0 Å². The van der Waals surface area contributed by atoms with Crippen molar-refractivity contribution < 1.29 is 4.74 Å². The second kappa shape index (κ2) is 7.03. The molecule has 0 aliphatic rings. The zero-order valence-electron chi connectivity index (χ0n) is 10.5. The minimum absolute atomic E-state index is 0.596. The highest BCUT2D eigenvalue weighted by atomic mass is 79.9. The van der Waals surface area contributed by atoms with E-state index >= 15 is 0 Å². The van der Waals surface area contributed by atoms with Crippen LogP contribution in [0.5, 0.6) is 11.6 Å². The van der Waals surface area contributed by atoms with Crippen molar-refractivity contribution in [2.24, 2.45) is 0 Å². The summed E-state index contributed by atoms with van der Waals surface area (Å²) in [5.74, 6) is 1.34. The van der Waals surface area contributed by atoms with Crippen LogP contribution in [-0.2, 0) is 6.54 Å². The van der Waals surface area contributed by atoms with Crippen LogP contribution in [0.3, 0.4) is 0 Å². The maximum absolute atomic E-state index is 5.78. The van der Waals surface area contributed by atoms with Crippen LogP contribution >= 0.6 is 31.9 Å². The van der Waals surface area contributed by atoms with Crippen molar-refractivity contribution in [2.45, 2.75) is 13.5 Å². The number of rotatable bonds is 5. The molecular formula is C14H14Br2N2O. The number of hydrogen-bond acceptors (Lipinski definition) is 3. The molecule has 0 amide bonds. The zero-order valence-corrected chi connectivity index (χ0v) is 13.7. The maximum Gasteiger partial charge on any atom is 0.219 e. The molecule has 0 saturated carbocycles. The molecule has 100 valence electrons. The number of halogens is 2. The first-order chi connectivity index (χ1) is 9.19. The number of benzene rings is 1. The first-order valence-corrected chi connectivity index (χ1v) is 7.56. The summed E-state index contributed by atoms with van der Waals surface area (Å²) in [6.45, 7) is 3.84. The summed E-state index contributed by atoms with van der Waals surface area (Å²) >= 11 is 6.88. The molecule has 0 radical (unpaired) electrons. The maximum atomic E-state index is 5.78. The second-order valence-electron chi connectivity index (χ2n) is 3.96. The van der Waals surface area contributed by atoms with Gasteiger partial charge in [-0.1, -0.05) is 22.9 Å². The first kappa shape index (κ1) is 14.5. The molecule has 0 aliphatic carbocycles. The minimum atomic E-state index is 0.596. The average molecular weight is 386 g/mol. The van der Waals surface area contributed by atoms with Crippen molar-refractivity contribution in [3.05, 3.63) is 51.0 Å². The standard InChI is InChI=1S/C14H14Br2N2O/c1-2-17-9-10-5-6-18-14(7-10)19-13-4-3-11(15)8-12(13)16/h3-8,17H,2,9H2,1H3. The van der Waals surface area contributed by atoms with E-state index in [9.17, 15) is 0 Å². The molecule has 0 aliphatic heterocycles. The number of pyridine rings is 1. The Morgan fingerprint density at radius 3 is 2.79 bits per heavy atom. The van der Waals surface area contributed by atoms with E-state index in [0.29, 0.717) is 5.88 Å². The van der Waals surface area contributed by atoms with Crippen LogP contribution in [0.25, 0.3) is 0 Å². The van der Waals surface area contributed by atoms with Gasteiger partial charge in [0, 0.05) is 23.3 Å². The third kappa shape index (κ3) is 4.30. The molecule has 0 spiro atoms. The van der Waals surface area contributed by atoms with Crippen LogP contribution in [0.1, 0.15) is 12.5 Å². The van der Waals surface area contributed by atoms with Gasteiger partial charge in [0.15, 0.2) is 0 Å². The number of nitrogens with zero attached hydrogens (tertiary/aromatic N) is 1. The van der Waals surface area contributed by atoms with Crippen molar-refractivity contribution >= 4 is 31.9 Å². The topological polar surface area (TPSA) is 34.2 Å². The fraction of sp³-hybridized carbons (Fsp3) is 0.214. The summed E-state index contributed by atoms with van der Waals surface area (Å²) in [5.41, 5.74) is 1.15. The molecule has 19 heavy (non-hydrogen) atoms. The Kier molecular flexibility index (Phi) is 5.36. The van der Waals surface area contributed by atoms with E-state index in [0.717, 1.165) is 33.3 Å². The van der Waals surface area contributed by atoms with Crippen LogP contribution in [-0.4, -0.2) is 11.5 Å². The van der Waals surface area contributed by atoms with Crippen LogP contribution in [0.4, 0.5) is 0 Å². The molecule has 2 aromatic rings. The van der Waals surface area contributed by atoms with Crippen LogP contribution in [0, 0.1) is 0 Å². The SMILES string of the molecule is CCNCc1ccnc(Oc2ccc(Br)cc2Br)c1. The fourth-order valence-corrected chi connectivity index (χ4v) is 2.68. The molecule has 1 aromatic heterocycles. The Labute approximate surface area is 129 Å². The Morgan fingerprint density at radius 2 is 2.05 bits per heavy atom. The molecule has 5 heteroatoms. The largest absolute Gasteiger partial charge is 0.438 e. The van der Waals surface area contributed by atoms with E-state index in [2.05, 4.69) is 49.1 Å². The highest BCUT2D eigenvalue weighted by molar-refractivity contribution is 9.11. The van der Waals surface area contributed by atoms with E-state index < -0.39 is 0 Å². The van der Waals surface area contributed by atoms with E-state index in [1.54, 1.807) is 6.20 Å². The van der Waals surface area contributed by atoms with E-state index in [-0.39, 0.29) is 0 Å². The molecule has 1 heterocycles. The van der Waals surface area contributed by atoms with Crippen molar-refractivity contribution in [2.75, 3.05) is 6.54 Å². The predicted molar refractivity (Wildman–Crippen MR) is 83.5 cm³/mol. The van der Waals surface area contributed by atoms with E-state index in [1.807, 2.05) is 30.3 Å². The third-order valence-electron chi connectivity index (χ3n) is 2.49. The number of aromatic nitrogens is 1. The second-order valence-corrected chi connectivity index (χ2v) is 5.73. The Morgan fingerprint density at radius 1 is 1.21 bits per heavy atom. The van der Waals surface area contributed by atoms with Gasteiger partial charge in [-0.2, -0.15) is 0 Å². The highest BCUT2D eigenvalue weighted by Gasteiger charge is 2.05. The molecular weight excluding hydrogens is 372 g/mol. The van der Waals surface area contributed by atoms with Gasteiger partial charge in [0.2, 0.25) is 5.88 Å². The van der Waals surface area contributed by atoms with E-state index in [4.69, 9.17) is 4.74 Å². The highest BCUT2D eigenvalue weighted by Crippen LogP contribution is 2.31. The lowest BCUT2D eigenvalue weighted by molar-refractivity contribution is 0.459. The summed E-state index contributed by atoms with van der Waals surface area (Å²) in [6, 6.07) is 9.69. The van der Waals surface area contributed by atoms with Crippen molar-refractivity contribution in [1.82, 2.24) is 10.3 Å². The smallest absolute Gasteiger partial charge is 0.219 e. The van der Waals surface area contributed by atoms with Crippen molar-refractivity contribution in [1.29, 1.82) is 0 Å². The quantitative estimate of drug-likeness (QED) is 0.822. The van der Waals surface area contributed by atoms with Crippen molar-refractivity contribution in [3.8, 4) is 11.6 Å². The lowest BCUT2D eigenvalue weighted by Gasteiger charge is -2.08. The summed E-state index contributed by atoms with van der Waals surface area (Å²) in [5, 5.41) is 3.28. The zero-order chi connectivity index (χ0) is 13.7. The lowest BCUT2D eigenvalue weighted by Crippen LogP contribution is -2.11. The predicted octanol–water partition coefficient (Wildman–Crippen LogP) is 4.51. The molecule has 1 N–H and O–H groups in total. The normalized spacial score (nSPS) is 10.5. The molecule has 0 fully saturated rings. The average Bonchev–Trinajstić information content (AvgIpc) is 2.40. The van der Waals surface area contributed by atoms with Gasteiger partial charge in [0.25, 0.3) is 0 Å². The summed E-state index contributed by atoms with van der Waals surface area (Å²) in [7, 11) is 0. The van der Waals surface area contributed by atoms with Gasteiger partial charge in [0.05, 0.1) is 4.47 Å². The van der Waals surface area contributed by atoms with Gasteiger partial charge >= 0.3 is 0 Å². The molecule has 0 unspecified atom stereocenters. The lowest BCUT2D eigenvalue weighted by atomic mass is 10.2. The van der Waals surface area contributed by atoms with Gasteiger partial charge in [-0.3, -0.25) is 0 Å². The molecule has 0 atom stereocenters. The van der Waals surface area contributed by atoms with Gasteiger partial charge in [-0.25, -0.2) is 4.98 Å². The number of ether oxygens (including phenoxy) is 1. The number of hydrogen-bond donors (Lipinski definition) is 1. The summed E-state index contributed by atoms with van der Waals surface area (Å²) < 4.78 is 7.67. The minimum Gasteiger partial charge on any atom is -0.438 e. The van der Waals surface area contributed by atoms with Crippen molar-refractivity contribution in [3.63, 3.8) is 0 Å². The van der Waals surface area contributed by atoms with Crippen LogP contribution < -0.4 is 10.1 Å². The van der Waals surface area contributed by atoms with Gasteiger partial charge in [0.1, 0.15) is 5.75 Å². The Bertz CT molecular complexity index is 561. The Hall–Kier alpha value is -0.910.